The summed E-state index contributed by atoms with van der Waals surface area (Å²) in [5.74, 6) is 0.928. The topological polar surface area (TPSA) is 44.8 Å². The fraction of sp³-hybridized carbons (Fsp3) is 0.308. The molecule has 4 nitrogen and oxygen atoms in total. The number of aromatic nitrogens is 3. The van der Waals surface area contributed by atoms with Gasteiger partial charge in [0.2, 0.25) is 0 Å². The highest BCUT2D eigenvalue weighted by Gasteiger charge is 2.08. The molecule has 0 atom stereocenters. The first-order valence-corrected chi connectivity index (χ1v) is 6.11. The van der Waals surface area contributed by atoms with Crippen LogP contribution in [0.5, 0.6) is 0 Å². The molecule has 0 saturated carbocycles. The summed E-state index contributed by atoms with van der Waals surface area (Å²) >= 11 is 5.16. The van der Waals surface area contributed by atoms with Gasteiger partial charge >= 0.3 is 0 Å². The first-order chi connectivity index (χ1) is 8.50. The molecule has 0 fully saturated rings. The standard InChI is InChI=1S/C13H16N4S/c1-8-9(2)13(18)16-15-12(8)10-5-6-11(14-7-10)17(3)4/h5-7H,1-4H3,(H,16,18). The largest absolute Gasteiger partial charge is 0.363 e. The van der Waals surface area contributed by atoms with Gasteiger partial charge in [-0.2, -0.15) is 5.10 Å². The maximum atomic E-state index is 5.16. The molecule has 5 heteroatoms. The van der Waals surface area contributed by atoms with E-state index >= 15 is 0 Å². The van der Waals surface area contributed by atoms with Gasteiger partial charge in [0.1, 0.15) is 10.5 Å². The van der Waals surface area contributed by atoms with Gasteiger partial charge in [-0.25, -0.2) is 4.98 Å². The highest BCUT2D eigenvalue weighted by Crippen LogP contribution is 2.23. The zero-order valence-corrected chi connectivity index (χ0v) is 11.8. The lowest BCUT2D eigenvalue weighted by molar-refractivity contribution is 0.984. The third-order valence-electron chi connectivity index (χ3n) is 3.01. The number of nitrogens with one attached hydrogen (secondary N) is 1. The van der Waals surface area contributed by atoms with Crippen LogP contribution in [0.25, 0.3) is 11.3 Å². The maximum absolute atomic E-state index is 5.16. The predicted octanol–water partition coefficient (Wildman–Crippen LogP) is 2.88. The second-order valence-corrected chi connectivity index (χ2v) is 4.86. The van der Waals surface area contributed by atoms with Crippen molar-refractivity contribution in [2.24, 2.45) is 0 Å². The van der Waals surface area contributed by atoms with E-state index in [9.17, 15) is 0 Å². The Morgan fingerprint density at radius 1 is 1.17 bits per heavy atom. The fourth-order valence-corrected chi connectivity index (χ4v) is 1.89. The first kappa shape index (κ1) is 12.7. The van der Waals surface area contributed by atoms with E-state index in [1.807, 2.05) is 51.2 Å². The first-order valence-electron chi connectivity index (χ1n) is 5.70. The number of hydrogen-bond acceptors (Lipinski definition) is 4. The van der Waals surface area contributed by atoms with Gasteiger partial charge in [0.15, 0.2) is 0 Å². The minimum atomic E-state index is 0.689. The van der Waals surface area contributed by atoms with E-state index in [0.29, 0.717) is 4.64 Å². The van der Waals surface area contributed by atoms with Crippen molar-refractivity contribution in [3.05, 3.63) is 34.1 Å². The lowest BCUT2D eigenvalue weighted by atomic mass is 10.1. The molecule has 0 unspecified atom stereocenters. The van der Waals surface area contributed by atoms with Gasteiger partial charge in [0.25, 0.3) is 0 Å². The van der Waals surface area contributed by atoms with Crippen LogP contribution in [0.3, 0.4) is 0 Å². The summed E-state index contributed by atoms with van der Waals surface area (Å²) in [6.45, 7) is 4.03. The van der Waals surface area contributed by atoms with Gasteiger partial charge in [0, 0.05) is 25.9 Å². The van der Waals surface area contributed by atoms with Crippen LogP contribution in [0.1, 0.15) is 11.1 Å². The Morgan fingerprint density at radius 2 is 1.89 bits per heavy atom. The SMILES string of the molecule is Cc1c(-c2ccc(N(C)C)nc2)n[nH]c(=S)c1C. The van der Waals surface area contributed by atoms with Gasteiger partial charge in [-0.1, -0.05) is 12.2 Å². The van der Waals surface area contributed by atoms with E-state index < -0.39 is 0 Å². The average molecular weight is 260 g/mol. The second-order valence-electron chi connectivity index (χ2n) is 4.45. The molecule has 1 N–H and O–H groups in total. The van der Waals surface area contributed by atoms with Crippen molar-refractivity contribution in [2.75, 3.05) is 19.0 Å². The Labute approximate surface area is 112 Å². The van der Waals surface area contributed by atoms with E-state index in [4.69, 9.17) is 12.2 Å². The molecule has 94 valence electrons. The number of pyridine rings is 1. The van der Waals surface area contributed by atoms with Crippen molar-refractivity contribution in [2.45, 2.75) is 13.8 Å². The van der Waals surface area contributed by atoms with Gasteiger partial charge in [-0.05, 0) is 37.1 Å². The Morgan fingerprint density at radius 3 is 2.44 bits per heavy atom. The highest BCUT2D eigenvalue weighted by molar-refractivity contribution is 7.71. The summed E-state index contributed by atoms with van der Waals surface area (Å²) in [6, 6.07) is 4.00. The third kappa shape index (κ3) is 2.26. The number of anilines is 1. The van der Waals surface area contributed by atoms with Gasteiger partial charge in [0.05, 0.1) is 5.69 Å². The summed E-state index contributed by atoms with van der Waals surface area (Å²) < 4.78 is 0.689. The third-order valence-corrected chi connectivity index (χ3v) is 3.40. The minimum absolute atomic E-state index is 0.689. The van der Waals surface area contributed by atoms with Gasteiger partial charge < -0.3 is 4.90 Å². The van der Waals surface area contributed by atoms with E-state index in [2.05, 4.69) is 15.2 Å². The summed E-state index contributed by atoms with van der Waals surface area (Å²) in [6.07, 6.45) is 1.83. The molecule has 2 aromatic heterocycles. The van der Waals surface area contributed by atoms with Crippen LogP contribution < -0.4 is 4.90 Å². The molecular formula is C13H16N4S. The predicted molar refractivity (Wildman–Crippen MR) is 76.5 cm³/mol. The molecular weight excluding hydrogens is 244 g/mol. The summed E-state index contributed by atoms with van der Waals surface area (Å²) in [4.78, 5) is 6.36. The van der Waals surface area contributed by atoms with Gasteiger partial charge in [-0.3, -0.25) is 5.10 Å². The molecule has 0 radical (unpaired) electrons. The summed E-state index contributed by atoms with van der Waals surface area (Å²) in [7, 11) is 3.94. The van der Waals surface area contributed by atoms with Crippen molar-refractivity contribution >= 4 is 18.0 Å². The van der Waals surface area contributed by atoms with Crippen LogP contribution in [0.4, 0.5) is 5.82 Å². The Balaban J connectivity index is 2.49. The highest BCUT2D eigenvalue weighted by atomic mass is 32.1. The van der Waals surface area contributed by atoms with E-state index in [0.717, 1.165) is 28.2 Å². The molecule has 2 heterocycles. The summed E-state index contributed by atoms with van der Waals surface area (Å²) in [5, 5.41) is 7.17. The monoisotopic (exact) mass is 260 g/mol. The smallest absolute Gasteiger partial charge is 0.127 e. The molecule has 0 aliphatic rings. The van der Waals surface area contributed by atoms with Crippen LogP contribution in [-0.2, 0) is 0 Å². The van der Waals surface area contributed by atoms with Crippen LogP contribution in [0.15, 0.2) is 18.3 Å². The lowest BCUT2D eigenvalue weighted by Crippen LogP contribution is -2.10. The fourth-order valence-electron chi connectivity index (χ4n) is 1.69. The van der Waals surface area contributed by atoms with Crippen LogP contribution >= 0.6 is 12.2 Å². The van der Waals surface area contributed by atoms with Crippen molar-refractivity contribution in [3.8, 4) is 11.3 Å². The van der Waals surface area contributed by atoms with Crippen molar-refractivity contribution in [1.29, 1.82) is 0 Å². The van der Waals surface area contributed by atoms with Crippen molar-refractivity contribution in [1.82, 2.24) is 15.2 Å². The molecule has 0 spiro atoms. The quantitative estimate of drug-likeness (QED) is 0.843. The maximum Gasteiger partial charge on any atom is 0.127 e. The number of aromatic amines is 1. The van der Waals surface area contributed by atoms with E-state index in [-0.39, 0.29) is 0 Å². The molecule has 0 aromatic carbocycles. The van der Waals surface area contributed by atoms with Crippen molar-refractivity contribution in [3.63, 3.8) is 0 Å². The Bertz CT molecular complexity index is 614. The number of rotatable bonds is 2. The minimum Gasteiger partial charge on any atom is -0.363 e. The average Bonchev–Trinajstić information content (AvgIpc) is 2.36. The molecule has 2 rings (SSSR count). The van der Waals surface area contributed by atoms with E-state index in [1.165, 1.54) is 0 Å². The normalized spacial score (nSPS) is 10.4. The lowest BCUT2D eigenvalue weighted by Gasteiger charge is -2.12. The van der Waals surface area contributed by atoms with Crippen LogP contribution in [0.2, 0.25) is 0 Å². The van der Waals surface area contributed by atoms with Gasteiger partial charge in [-0.15, -0.1) is 0 Å². The number of H-pyrrole nitrogens is 1. The zero-order valence-electron chi connectivity index (χ0n) is 11.0. The molecule has 0 aliphatic carbocycles. The molecule has 0 amide bonds. The van der Waals surface area contributed by atoms with E-state index in [1.54, 1.807) is 0 Å². The Kier molecular flexibility index (Phi) is 3.43. The molecule has 0 aliphatic heterocycles. The number of hydrogen-bond donors (Lipinski definition) is 1. The second kappa shape index (κ2) is 4.86. The number of nitrogens with zero attached hydrogens (tertiary/aromatic N) is 3. The summed E-state index contributed by atoms with van der Waals surface area (Å²) in [5.41, 5.74) is 4.05. The van der Waals surface area contributed by atoms with Crippen molar-refractivity contribution < 1.29 is 0 Å². The molecule has 18 heavy (non-hydrogen) atoms. The zero-order chi connectivity index (χ0) is 13.3. The molecule has 0 saturated heterocycles. The Hall–Kier alpha value is -1.75. The van der Waals surface area contributed by atoms with Crippen LogP contribution in [0, 0.1) is 18.5 Å². The molecule has 0 bridgehead atoms. The molecule has 2 aromatic rings. The van der Waals surface area contributed by atoms with Crippen LogP contribution in [-0.4, -0.2) is 29.3 Å².